The number of ether oxygens (including phenoxy) is 2. The fourth-order valence-electron chi connectivity index (χ4n) is 2.28. The summed E-state index contributed by atoms with van der Waals surface area (Å²) in [5.41, 5.74) is 1.23. The Bertz CT molecular complexity index is 614. The van der Waals surface area contributed by atoms with Crippen LogP contribution in [0.25, 0.3) is 9.88 Å². The Morgan fingerprint density at radius 3 is 2.84 bits per heavy atom. The molecule has 0 saturated carbocycles. The van der Waals surface area contributed by atoms with Crippen molar-refractivity contribution >= 4 is 38.6 Å². The summed E-state index contributed by atoms with van der Waals surface area (Å²) < 4.78 is 12.4. The first-order valence-corrected chi connectivity index (χ1v) is 8.53. The zero-order chi connectivity index (χ0) is 12.8. The number of thiophene rings is 1. The third-order valence-corrected chi connectivity index (χ3v) is 6.19. The van der Waals surface area contributed by atoms with Crippen LogP contribution in [0, 0.1) is 0 Å². The van der Waals surface area contributed by atoms with Crippen molar-refractivity contribution in [3.63, 3.8) is 0 Å². The predicted octanol–water partition coefficient (Wildman–Crippen LogP) is 3.05. The number of aromatic nitrogens is 1. The monoisotopic (exact) mass is 358 g/mol. The lowest BCUT2D eigenvalue weighted by molar-refractivity contribution is 0.173. The summed E-state index contributed by atoms with van der Waals surface area (Å²) in [5.74, 6) is 1.68. The van der Waals surface area contributed by atoms with Crippen molar-refractivity contribution in [3.8, 4) is 21.4 Å². The summed E-state index contributed by atoms with van der Waals surface area (Å²) in [4.78, 5) is 7.20. The van der Waals surface area contributed by atoms with Crippen molar-refractivity contribution in [2.45, 2.75) is 13.0 Å². The molecule has 1 N–H and O–H groups in total. The zero-order valence-electron chi connectivity index (χ0n) is 9.99. The van der Waals surface area contributed by atoms with Crippen LogP contribution >= 0.6 is 38.6 Å². The highest BCUT2D eigenvalue weighted by Crippen LogP contribution is 2.52. The molecule has 0 fully saturated rings. The van der Waals surface area contributed by atoms with E-state index in [0.29, 0.717) is 13.2 Å². The van der Waals surface area contributed by atoms with Crippen LogP contribution in [0.1, 0.15) is 10.6 Å². The van der Waals surface area contributed by atoms with Crippen LogP contribution in [-0.2, 0) is 13.0 Å². The van der Waals surface area contributed by atoms with Crippen molar-refractivity contribution in [2.24, 2.45) is 0 Å². The van der Waals surface area contributed by atoms with Gasteiger partial charge >= 0.3 is 0 Å². The third kappa shape index (κ3) is 1.99. The highest BCUT2D eigenvalue weighted by Gasteiger charge is 2.27. The highest BCUT2D eigenvalue weighted by atomic mass is 79.9. The standard InChI is InChI=1S/C12H11BrN2O2S2/c13-11-9-8(16-3-4-17-9)10(19-11)12-15-6-1-2-14-5-7(6)18-12/h14H,1-5H2. The number of hydrogen-bond acceptors (Lipinski definition) is 6. The molecule has 0 radical (unpaired) electrons. The van der Waals surface area contributed by atoms with E-state index in [1.54, 1.807) is 22.7 Å². The second-order valence-electron chi connectivity index (χ2n) is 4.38. The molecule has 4 heterocycles. The molecule has 2 aromatic heterocycles. The van der Waals surface area contributed by atoms with Gasteiger partial charge in [-0.05, 0) is 15.9 Å². The summed E-state index contributed by atoms with van der Waals surface area (Å²) in [5, 5.41) is 4.43. The molecule has 0 saturated heterocycles. The maximum Gasteiger partial charge on any atom is 0.187 e. The molecule has 2 aliphatic rings. The lowest BCUT2D eigenvalue weighted by Crippen LogP contribution is -2.22. The first-order chi connectivity index (χ1) is 9.33. The van der Waals surface area contributed by atoms with E-state index >= 15 is 0 Å². The first-order valence-electron chi connectivity index (χ1n) is 6.10. The molecule has 0 amide bonds. The quantitative estimate of drug-likeness (QED) is 0.850. The van der Waals surface area contributed by atoms with Gasteiger partial charge in [0.15, 0.2) is 11.5 Å². The summed E-state index contributed by atoms with van der Waals surface area (Å²) >= 11 is 6.95. The van der Waals surface area contributed by atoms with Gasteiger partial charge in [0.2, 0.25) is 0 Å². The van der Waals surface area contributed by atoms with E-state index in [9.17, 15) is 0 Å². The Hall–Kier alpha value is -0.630. The molecule has 0 aliphatic carbocycles. The maximum atomic E-state index is 5.77. The van der Waals surface area contributed by atoms with E-state index in [1.165, 1.54) is 10.6 Å². The second-order valence-corrected chi connectivity index (χ2v) is 7.80. The van der Waals surface area contributed by atoms with Crippen LogP contribution in [0.2, 0.25) is 0 Å². The topological polar surface area (TPSA) is 43.4 Å². The van der Waals surface area contributed by atoms with Gasteiger partial charge in [0.1, 0.15) is 26.9 Å². The predicted molar refractivity (Wildman–Crippen MR) is 79.5 cm³/mol. The van der Waals surface area contributed by atoms with E-state index in [2.05, 4.69) is 21.2 Å². The smallest absolute Gasteiger partial charge is 0.187 e. The molecule has 100 valence electrons. The van der Waals surface area contributed by atoms with Crippen molar-refractivity contribution in [1.82, 2.24) is 10.3 Å². The Kier molecular flexibility index (Phi) is 3.02. The van der Waals surface area contributed by atoms with E-state index in [4.69, 9.17) is 14.5 Å². The summed E-state index contributed by atoms with van der Waals surface area (Å²) in [7, 11) is 0. The van der Waals surface area contributed by atoms with Crippen molar-refractivity contribution in [3.05, 3.63) is 14.4 Å². The fraction of sp³-hybridized carbons (Fsp3) is 0.417. The lowest BCUT2D eigenvalue weighted by atomic mass is 10.2. The Morgan fingerprint density at radius 1 is 1.16 bits per heavy atom. The van der Waals surface area contributed by atoms with E-state index in [0.717, 1.165) is 44.7 Å². The van der Waals surface area contributed by atoms with Gasteiger partial charge in [-0.15, -0.1) is 22.7 Å². The zero-order valence-corrected chi connectivity index (χ0v) is 13.2. The van der Waals surface area contributed by atoms with Gasteiger partial charge in [0, 0.05) is 24.4 Å². The largest absolute Gasteiger partial charge is 0.484 e. The number of rotatable bonds is 1. The molecule has 0 aromatic carbocycles. The van der Waals surface area contributed by atoms with Crippen LogP contribution in [0.4, 0.5) is 0 Å². The normalized spacial score (nSPS) is 17.3. The molecule has 4 rings (SSSR count). The molecule has 2 aliphatic heterocycles. The summed E-state index contributed by atoms with van der Waals surface area (Å²) in [6, 6.07) is 0. The van der Waals surface area contributed by atoms with Gasteiger partial charge in [0.25, 0.3) is 0 Å². The summed E-state index contributed by atoms with van der Waals surface area (Å²) in [6.07, 6.45) is 1.01. The molecule has 4 nitrogen and oxygen atoms in total. The van der Waals surface area contributed by atoms with Gasteiger partial charge < -0.3 is 14.8 Å². The lowest BCUT2D eigenvalue weighted by Gasteiger charge is -2.15. The Labute approximate surface area is 126 Å². The SMILES string of the molecule is Brc1sc(-c2nc3c(s2)CNCC3)c2c1OCCO2. The molecule has 7 heteroatoms. The van der Waals surface area contributed by atoms with Gasteiger partial charge in [-0.25, -0.2) is 4.98 Å². The van der Waals surface area contributed by atoms with Crippen LogP contribution < -0.4 is 14.8 Å². The van der Waals surface area contributed by atoms with Crippen LogP contribution in [0.5, 0.6) is 11.5 Å². The fourth-order valence-corrected chi connectivity index (χ4v) is 5.12. The van der Waals surface area contributed by atoms with Crippen LogP contribution in [-0.4, -0.2) is 24.7 Å². The van der Waals surface area contributed by atoms with Crippen molar-refractivity contribution in [2.75, 3.05) is 19.8 Å². The molecule has 0 spiro atoms. The van der Waals surface area contributed by atoms with E-state index in [-0.39, 0.29) is 0 Å². The molecular formula is C12H11BrN2O2S2. The highest BCUT2D eigenvalue weighted by molar-refractivity contribution is 9.11. The first kappa shape index (κ1) is 12.1. The van der Waals surface area contributed by atoms with Crippen molar-refractivity contribution < 1.29 is 9.47 Å². The number of thiazole rings is 1. The number of halogens is 1. The molecule has 0 bridgehead atoms. The number of fused-ring (bicyclic) bond motifs is 2. The van der Waals surface area contributed by atoms with Crippen LogP contribution in [0.15, 0.2) is 3.79 Å². The number of nitrogens with one attached hydrogen (secondary N) is 1. The van der Waals surface area contributed by atoms with Gasteiger partial charge in [-0.2, -0.15) is 0 Å². The minimum Gasteiger partial charge on any atom is -0.484 e. The minimum absolute atomic E-state index is 0.607. The van der Waals surface area contributed by atoms with Crippen molar-refractivity contribution in [1.29, 1.82) is 0 Å². The molecule has 2 aromatic rings. The van der Waals surface area contributed by atoms with Gasteiger partial charge in [-0.3, -0.25) is 0 Å². The maximum absolute atomic E-state index is 5.77. The molecule has 0 atom stereocenters. The van der Waals surface area contributed by atoms with Gasteiger partial charge in [-0.1, -0.05) is 0 Å². The number of nitrogens with zero attached hydrogens (tertiary/aromatic N) is 1. The number of hydrogen-bond donors (Lipinski definition) is 1. The molecule has 19 heavy (non-hydrogen) atoms. The van der Waals surface area contributed by atoms with Gasteiger partial charge in [0.05, 0.1) is 5.69 Å². The van der Waals surface area contributed by atoms with Crippen LogP contribution in [0.3, 0.4) is 0 Å². The summed E-state index contributed by atoms with van der Waals surface area (Å²) in [6.45, 7) is 3.16. The average Bonchev–Trinajstić information content (AvgIpc) is 3.01. The molecule has 0 unspecified atom stereocenters. The minimum atomic E-state index is 0.607. The van der Waals surface area contributed by atoms with E-state index < -0.39 is 0 Å². The third-order valence-electron chi connectivity index (χ3n) is 3.16. The second kappa shape index (κ2) is 4.73. The Morgan fingerprint density at radius 2 is 2.00 bits per heavy atom. The van der Waals surface area contributed by atoms with E-state index in [1.807, 2.05) is 0 Å². The molecular weight excluding hydrogens is 348 g/mol. The Balaban J connectivity index is 1.82. The average molecular weight is 359 g/mol.